The quantitative estimate of drug-likeness (QED) is 0.496. The standard InChI is InChI=1S/C20H30ClN7O3S/c1-3-4-32(30,31)28-10-14-5-16(6-15(14)11-28)24-19-18(21)8-22-20(26-19)25-17-7-23-27(12-17)9-13(2)29/h7-8,12-16,29H,3-6,9-11H2,1-2H3,(H2,22,24,25,26). The van der Waals surface area contributed by atoms with Crippen LogP contribution < -0.4 is 10.6 Å². The monoisotopic (exact) mass is 483 g/mol. The van der Waals surface area contributed by atoms with Gasteiger partial charge in [-0.2, -0.15) is 10.1 Å². The van der Waals surface area contributed by atoms with E-state index < -0.39 is 16.1 Å². The highest BCUT2D eigenvalue weighted by atomic mass is 35.5. The fourth-order valence-electron chi connectivity index (χ4n) is 4.64. The molecule has 3 heterocycles. The van der Waals surface area contributed by atoms with E-state index in [1.54, 1.807) is 34.5 Å². The molecule has 3 N–H and O–H groups in total. The Balaban J connectivity index is 1.36. The Bertz CT molecular complexity index is 1030. The number of nitrogens with zero attached hydrogens (tertiary/aromatic N) is 5. The van der Waals surface area contributed by atoms with Crippen molar-refractivity contribution in [1.29, 1.82) is 0 Å². The van der Waals surface area contributed by atoms with Gasteiger partial charge in [-0.15, -0.1) is 0 Å². The Morgan fingerprint density at radius 1 is 1.28 bits per heavy atom. The van der Waals surface area contributed by atoms with E-state index in [0.29, 0.717) is 60.4 Å². The molecule has 1 aliphatic heterocycles. The molecule has 0 radical (unpaired) electrons. The maximum absolute atomic E-state index is 12.4. The molecule has 1 saturated carbocycles. The van der Waals surface area contributed by atoms with Gasteiger partial charge in [0.2, 0.25) is 16.0 Å². The molecule has 3 atom stereocenters. The minimum absolute atomic E-state index is 0.190. The van der Waals surface area contributed by atoms with Crippen LogP contribution in [0.3, 0.4) is 0 Å². The van der Waals surface area contributed by atoms with Crippen LogP contribution in [0.2, 0.25) is 5.02 Å². The summed E-state index contributed by atoms with van der Waals surface area (Å²) in [6.45, 7) is 5.20. The first-order valence-electron chi connectivity index (χ1n) is 11.0. The van der Waals surface area contributed by atoms with Crippen LogP contribution in [0.1, 0.15) is 33.1 Å². The van der Waals surface area contributed by atoms with Crippen LogP contribution in [0.25, 0.3) is 0 Å². The molecule has 0 aromatic carbocycles. The summed E-state index contributed by atoms with van der Waals surface area (Å²) >= 11 is 6.33. The molecule has 0 bridgehead atoms. The Hall–Kier alpha value is -1.95. The number of sulfonamides is 1. The molecular formula is C20H30ClN7O3S. The minimum Gasteiger partial charge on any atom is -0.391 e. The number of anilines is 3. The number of hydrogen-bond acceptors (Lipinski definition) is 8. The lowest BCUT2D eigenvalue weighted by Crippen LogP contribution is -2.32. The van der Waals surface area contributed by atoms with Gasteiger partial charge in [0, 0.05) is 25.3 Å². The lowest BCUT2D eigenvalue weighted by atomic mass is 10.0. The van der Waals surface area contributed by atoms with Crippen LogP contribution in [0, 0.1) is 11.8 Å². The summed E-state index contributed by atoms with van der Waals surface area (Å²) < 4.78 is 28.1. The maximum atomic E-state index is 12.4. The SMILES string of the molecule is CCCS(=O)(=O)N1CC2CC(Nc3nc(Nc4cnn(CC(C)O)c4)ncc3Cl)CC2C1. The van der Waals surface area contributed by atoms with Crippen LogP contribution in [-0.2, 0) is 16.6 Å². The van der Waals surface area contributed by atoms with E-state index in [-0.39, 0.29) is 11.8 Å². The molecule has 176 valence electrons. The zero-order chi connectivity index (χ0) is 22.9. The molecule has 3 unspecified atom stereocenters. The van der Waals surface area contributed by atoms with Crippen LogP contribution in [0.15, 0.2) is 18.6 Å². The average molecular weight is 484 g/mol. The number of aliphatic hydroxyl groups is 1. The second-order valence-corrected chi connectivity index (χ2v) is 11.3. The highest BCUT2D eigenvalue weighted by Crippen LogP contribution is 2.40. The Labute approximate surface area is 193 Å². The summed E-state index contributed by atoms with van der Waals surface area (Å²) in [7, 11) is -3.13. The number of rotatable bonds is 9. The van der Waals surface area contributed by atoms with Crippen molar-refractivity contribution in [3.8, 4) is 0 Å². The maximum Gasteiger partial charge on any atom is 0.229 e. The van der Waals surface area contributed by atoms with Crippen molar-refractivity contribution < 1.29 is 13.5 Å². The van der Waals surface area contributed by atoms with Gasteiger partial charge < -0.3 is 15.7 Å². The summed E-state index contributed by atoms with van der Waals surface area (Å²) in [6.07, 6.45) is 6.89. The van der Waals surface area contributed by atoms with Crippen molar-refractivity contribution in [2.75, 3.05) is 29.5 Å². The first-order chi connectivity index (χ1) is 15.2. The molecule has 32 heavy (non-hydrogen) atoms. The summed E-state index contributed by atoms with van der Waals surface area (Å²) in [5.41, 5.74) is 0.711. The zero-order valence-electron chi connectivity index (χ0n) is 18.3. The second kappa shape index (κ2) is 9.50. The second-order valence-electron chi connectivity index (χ2n) is 8.78. The Kier molecular flexibility index (Phi) is 6.89. The van der Waals surface area contributed by atoms with E-state index >= 15 is 0 Å². The van der Waals surface area contributed by atoms with E-state index in [1.807, 2.05) is 6.92 Å². The van der Waals surface area contributed by atoms with E-state index in [9.17, 15) is 13.5 Å². The summed E-state index contributed by atoms with van der Waals surface area (Å²) in [5, 5.41) is 20.6. The van der Waals surface area contributed by atoms with Gasteiger partial charge in [0.1, 0.15) is 5.02 Å². The molecule has 10 nitrogen and oxygen atoms in total. The van der Waals surface area contributed by atoms with Gasteiger partial charge in [-0.1, -0.05) is 18.5 Å². The fourth-order valence-corrected chi connectivity index (χ4v) is 6.40. The van der Waals surface area contributed by atoms with Crippen LogP contribution in [0.4, 0.5) is 17.5 Å². The molecule has 2 aromatic heterocycles. The van der Waals surface area contributed by atoms with Crippen LogP contribution in [-0.4, -0.2) is 68.6 Å². The smallest absolute Gasteiger partial charge is 0.229 e. The number of aromatic nitrogens is 4. The molecule has 1 aliphatic carbocycles. The van der Waals surface area contributed by atoms with E-state index in [0.717, 1.165) is 12.8 Å². The molecule has 1 saturated heterocycles. The van der Waals surface area contributed by atoms with Crippen molar-refractivity contribution in [3.05, 3.63) is 23.6 Å². The van der Waals surface area contributed by atoms with Gasteiger partial charge in [-0.3, -0.25) is 4.68 Å². The number of nitrogens with one attached hydrogen (secondary N) is 2. The lowest BCUT2D eigenvalue weighted by Gasteiger charge is -2.20. The van der Waals surface area contributed by atoms with E-state index in [4.69, 9.17) is 11.6 Å². The summed E-state index contributed by atoms with van der Waals surface area (Å²) in [4.78, 5) is 8.75. The first-order valence-corrected chi connectivity index (χ1v) is 13.0. The van der Waals surface area contributed by atoms with Gasteiger partial charge in [-0.25, -0.2) is 17.7 Å². The molecule has 2 fully saturated rings. The third kappa shape index (κ3) is 5.33. The van der Waals surface area contributed by atoms with Crippen molar-refractivity contribution in [2.24, 2.45) is 11.8 Å². The molecule has 0 spiro atoms. The Morgan fingerprint density at radius 2 is 2.00 bits per heavy atom. The fraction of sp³-hybridized carbons (Fsp3) is 0.650. The number of halogens is 1. The summed E-state index contributed by atoms with van der Waals surface area (Å²) in [5.74, 6) is 1.89. The highest BCUT2D eigenvalue weighted by Gasteiger charge is 2.44. The molecule has 4 rings (SSSR count). The normalized spacial score (nSPS) is 24.4. The van der Waals surface area contributed by atoms with Gasteiger partial charge in [-0.05, 0) is 38.0 Å². The lowest BCUT2D eigenvalue weighted by molar-refractivity contribution is 0.168. The molecule has 0 amide bonds. The van der Waals surface area contributed by atoms with Gasteiger partial charge in [0.05, 0.1) is 36.5 Å². The molecular weight excluding hydrogens is 454 g/mol. The molecule has 2 aliphatic rings. The van der Waals surface area contributed by atoms with Gasteiger partial charge >= 0.3 is 0 Å². The minimum atomic E-state index is -3.13. The topological polar surface area (TPSA) is 125 Å². The zero-order valence-corrected chi connectivity index (χ0v) is 19.8. The van der Waals surface area contributed by atoms with Crippen molar-refractivity contribution in [3.63, 3.8) is 0 Å². The van der Waals surface area contributed by atoms with E-state index in [2.05, 4.69) is 25.7 Å². The van der Waals surface area contributed by atoms with E-state index in [1.165, 1.54) is 0 Å². The molecule has 2 aromatic rings. The number of aliphatic hydroxyl groups excluding tert-OH is 1. The van der Waals surface area contributed by atoms with Crippen molar-refractivity contribution >= 4 is 39.1 Å². The average Bonchev–Trinajstić information content (AvgIpc) is 3.39. The Morgan fingerprint density at radius 3 is 2.66 bits per heavy atom. The van der Waals surface area contributed by atoms with Crippen LogP contribution in [0.5, 0.6) is 0 Å². The van der Waals surface area contributed by atoms with Gasteiger partial charge in [0.25, 0.3) is 0 Å². The largest absolute Gasteiger partial charge is 0.391 e. The summed E-state index contributed by atoms with van der Waals surface area (Å²) in [6, 6.07) is 0.190. The molecule has 12 heteroatoms. The third-order valence-electron chi connectivity index (χ3n) is 6.00. The predicted molar refractivity (Wildman–Crippen MR) is 124 cm³/mol. The highest BCUT2D eigenvalue weighted by molar-refractivity contribution is 7.89. The number of fused-ring (bicyclic) bond motifs is 1. The predicted octanol–water partition coefficient (Wildman–Crippen LogP) is 2.31. The van der Waals surface area contributed by atoms with Crippen molar-refractivity contribution in [2.45, 2.75) is 51.8 Å². The number of hydrogen-bond donors (Lipinski definition) is 3. The van der Waals surface area contributed by atoms with Crippen LogP contribution >= 0.6 is 11.6 Å². The third-order valence-corrected chi connectivity index (χ3v) is 8.28. The van der Waals surface area contributed by atoms with Gasteiger partial charge in [0.15, 0.2) is 5.82 Å². The first kappa shape index (κ1) is 23.2. The van der Waals surface area contributed by atoms with Crippen molar-refractivity contribution in [1.82, 2.24) is 24.1 Å².